The number of hydrogen-bond donors (Lipinski definition) is 0. The van der Waals surface area contributed by atoms with E-state index in [1.807, 2.05) is 29.6 Å². The van der Waals surface area contributed by atoms with Gasteiger partial charge in [-0.1, -0.05) is 6.08 Å². The molecule has 4 heteroatoms. The molecule has 1 heterocycles. The van der Waals surface area contributed by atoms with Gasteiger partial charge in [-0.15, -0.1) is 30.1 Å². The molecule has 15 heavy (non-hydrogen) atoms. The third-order valence-corrected chi connectivity index (χ3v) is 5.95. The van der Waals surface area contributed by atoms with E-state index < -0.39 is 0 Å². The summed E-state index contributed by atoms with van der Waals surface area (Å²) in [7, 11) is 1.46. The molecule has 0 bridgehead atoms. The van der Waals surface area contributed by atoms with E-state index in [0.29, 0.717) is 6.42 Å². The molecule has 0 amide bonds. The molecule has 0 radical (unpaired) electrons. The van der Waals surface area contributed by atoms with E-state index in [1.54, 1.807) is 0 Å². The van der Waals surface area contributed by atoms with Crippen molar-refractivity contribution in [3.05, 3.63) is 12.7 Å². The van der Waals surface area contributed by atoms with E-state index in [2.05, 4.69) is 6.58 Å². The normalized spacial score (nSPS) is 18.7. The van der Waals surface area contributed by atoms with E-state index in [1.165, 1.54) is 7.11 Å². The van der Waals surface area contributed by atoms with E-state index in [9.17, 15) is 4.79 Å². The number of carbonyl (C=O) groups excluding carboxylic acids is 1. The zero-order chi connectivity index (χ0) is 11.1. The van der Waals surface area contributed by atoms with E-state index in [-0.39, 0.29) is 10.0 Å². The molecule has 1 fully saturated rings. The van der Waals surface area contributed by atoms with Crippen LogP contribution in [0.15, 0.2) is 12.7 Å². The van der Waals surface area contributed by atoms with Gasteiger partial charge in [-0.3, -0.25) is 4.79 Å². The van der Waals surface area contributed by atoms with Gasteiger partial charge in [-0.2, -0.15) is 0 Å². The highest BCUT2D eigenvalue weighted by Crippen LogP contribution is 2.49. The number of thioether (sulfide) groups is 2. The molecule has 1 rings (SSSR count). The zero-order valence-corrected chi connectivity index (χ0v) is 10.8. The third kappa shape index (κ3) is 4.11. The van der Waals surface area contributed by atoms with Gasteiger partial charge in [-0.25, -0.2) is 0 Å². The Morgan fingerprint density at radius 2 is 2.20 bits per heavy atom. The van der Waals surface area contributed by atoms with Gasteiger partial charge in [0.25, 0.3) is 0 Å². The van der Waals surface area contributed by atoms with Gasteiger partial charge in [0.2, 0.25) is 0 Å². The number of unbranched alkanes of at least 4 members (excludes halogenated alkanes) is 1. The van der Waals surface area contributed by atoms with Crippen molar-refractivity contribution in [1.82, 2.24) is 0 Å². The van der Waals surface area contributed by atoms with Crippen LogP contribution in [-0.2, 0) is 9.53 Å². The minimum Gasteiger partial charge on any atom is -0.469 e. The van der Waals surface area contributed by atoms with Crippen molar-refractivity contribution >= 4 is 29.5 Å². The van der Waals surface area contributed by atoms with Crippen molar-refractivity contribution in [3.8, 4) is 0 Å². The molecular weight excluding hydrogens is 228 g/mol. The minimum absolute atomic E-state index is 0.0795. The summed E-state index contributed by atoms with van der Waals surface area (Å²) in [5, 5.41) is 0. The molecule has 0 spiro atoms. The monoisotopic (exact) mass is 246 g/mol. The summed E-state index contributed by atoms with van der Waals surface area (Å²) in [4.78, 5) is 11.3. The Labute approximate surface area is 100 Å². The lowest BCUT2D eigenvalue weighted by Gasteiger charge is -2.25. The minimum atomic E-state index is -0.0875. The maximum absolute atomic E-state index is 11.3. The topological polar surface area (TPSA) is 26.3 Å². The first-order valence-electron chi connectivity index (χ1n) is 5.18. The van der Waals surface area contributed by atoms with Crippen LogP contribution in [0, 0.1) is 0 Å². The third-order valence-electron chi connectivity index (χ3n) is 2.42. The van der Waals surface area contributed by atoms with Crippen molar-refractivity contribution in [3.63, 3.8) is 0 Å². The molecule has 0 aliphatic carbocycles. The second-order valence-electron chi connectivity index (χ2n) is 3.54. The van der Waals surface area contributed by atoms with E-state index >= 15 is 0 Å². The lowest BCUT2D eigenvalue weighted by molar-refractivity contribution is -0.140. The summed E-state index contributed by atoms with van der Waals surface area (Å²) < 4.78 is 4.84. The molecule has 0 saturated carbocycles. The molecule has 0 N–H and O–H groups in total. The summed E-state index contributed by atoms with van der Waals surface area (Å²) >= 11 is 3.82. The summed E-state index contributed by atoms with van der Waals surface area (Å²) in [5.74, 6) is 2.21. The second-order valence-corrected chi connectivity index (χ2v) is 6.76. The van der Waals surface area contributed by atoms with Gasteiger partial charge >= 0.3 is 5.97 Å². The summed E-state index contributed by atoms with van der Waals surface area (Å²) in [6.07, 6.45) is 5.69. The Kier molecular flexibility index (Phi) is 5.61. The van der Waals surface area contributed by atoms with Crippen LogP contribution in [0.4, 0.5) is 0 Å². The highest BCUT2D eigenvalue weighted by Gasteiger charge is 2.37. The van der Waals surface area contributed by atoms with Crippen LogP contribution in [0.2, 0.25) is 0 Å². The first-order chi connectivity index (χ1) is 7.22. The number of rotatable bonds is 6. The van der Waals surface area contributed by atoms with Crippen molar-refractivity contribution in [1.29, 1.82) is 0 Å². The van der Waals surface area contributed by atoms with Gasteiger partial charge < -0.3 is 4.74 Å². The van der Waals surface area contributed by atoms with Crippen LogP contribution in [-0.4, -0.2) is 28.7 Å². The lowest BCUT2D eigenvalue weighted by Crippen LogP contribution is -2.22. The summed E-state index contributed by atoms with van der Waals surface area (Å²) in [6.45, 7) is 3.72. The van der Waals surface area contributed by atoms with Gasteiger partial charge in [0.1, 0.15) is 0 Å². The van der Waals surface area contributed by atoms with Crippen molar-refractivity contribution < 1.29 is 9.53 Å². The first kappa shape index (κ1) is 13.0. The average Bonchev–Trinajstić information content (AvgIpc) is 2.67. The van der Waals surface area contributed by atoms with Crippen LogP contribution in [0.25, 0.3) is 0 Å². The Balaban J connectivity index is 2.45. The van der Waals surface area contributed by atoms with Crippen molar-refractivity contribution in [2.75, 3.05) is 18.6 Å². The maximum atomic E-state index is 11.3. The molecule has 0 aromatic carbocycles. The van der Waals surface area contributed by atoms with Crippen LogP contribution in [0.3, 0.4) is 0 Å². The largest absolute Gasteiger partial charge is 0.469 e. The Bertz CT molecular complexity index is 223. The van der Waals surface area contributed by atoms with Gasteiger partial charge in [0, 0.05) is 11.5 Å². The molecule has 2 nitrogen and oxygen atoms in total. The van der Waals surface area contributed by atoms with Gasteiger partial charge in [-0.05, 0) is 19.3 Å². The number of methoxy groups -OCH3 is 1. The fourth-order valence-electron chi connectivity index (χ4n) is 1.64. The van der Waals surface area contributed by atoms with E-state index in [0.717, 1.165) is 30.8 Å². The average molecular weight is 246 g/mol. The van der Waals surface area contributed by atoms with Gasteiger partial charge in [0.05, 0.1) is 17.6 Å². The maximum Gasteiger partial charge on any atom is 0.307 e. The molecule has 1 saturated heterocycles. The number of ether oxygens (including phenoxy) is 1. The van der Waals surface area contributed by atoms with Crippen LogP contribution < -0.4 is 0 Å². The number of carbonyl (C=O) groups is 1. The predicted molar refractivity (Wildman–Crippen MR) is 68.3 cm³/mol. The Morgan fingerprint density at radius 3 is 2.73 bits per heavy atom. The molecule has 86 valence electrons. The van der Waals surface area contributed by atoms with Crippen LogP contribution in [0.5, 0.6) is 0 Å². The first-order valence-corrected chi connectivity index (χ1v) is 7.15. The lowest BCUT2D eigenvalue weighted by atomic mass is 10.1. The summed E-state index contributed by atoms with van der Waals surface area (Å²) in [6, 6.07) is 0. The zero-order valence-electron chi connectivity index (χ0n) is 9.16. The van der Waals surface area contributed by atoms with E-state index in [4.69, 9.17) is 4.74 Å². The predicted octanol–water partition coefficient (Wildman–Crippen LogP) is 3.08. The smallest absolute Gasteiger partial charge is 0.307 e. The Morgan fingerprint density at radius 1 is 1.53 bits per heavy atom. The quantitative estimate of drug-likeness (QED) is 0.409. The highest BCUT2D eigenvalue weighted by atomic mass is 32.2. The number of esters is 1. The van der Waals surface area contributed by atoms with Crippen LogP contribution >= 0.6 is 23.5 Å². The highest BCUT2D eigenvalue weighted by molar-refractivity contribution is 8.21. The molecule has 0 aromatic rings. The fraction of sp³-hybridized carbons (Fsp3) is 0.727. The molecule has 0 aromatic heterocycles. The Hall–Kier alpha value is -0.0900. The molecule has 0 unspecified atom stereocenters. The fourth-order valence-corrected chi connectivity index (χ4v) is 4.90. The van der Waals surface area contributed by atoms with Gasteiger partial charge in [0.15, 0.2) is 0 Å². The number of hydrogen-bond acceptors (Lipinski definition) is 4. The number of allylic oxidation sites excluding steroid dienone is 1. The summed E-state index contributed by atoms with van der Waals surface area (Å²) in [5.41, 5.74) is 0. The van der Waals surface area contributed by atoms with Crippen molar-refractivity contribution in [2.45, 2.75) is 29.8 Å². The molecular formula is C11H18O2S2. The standard InChI is InChI=1S/C11H18O2S2/c1-3-4-5-6-11(9-10(12)13-2)14-7-8-15-11/h3H,1,4-9H2,2H3. The molecule has 1 aliphatic rings. The SMILES string of the molecule is C=CCCCC1(CC(=O)OC)SCCS1. The molecule has 0 atom stereocenters. The second kappa shape index (κ2) is 6.48. The van der Waals surface area contributed by atoms with Crippen LogP contribution in [0.1, 0.15) is 25.7 Å². The van der Waals surface area contributed by atoms with Crippen molar-refractivity contribution in [2.24, 2.45) is 0 Å². The molecule has 1 aliphatic heterocycles.